The number of ketones is 1. The third-order valence-electron chi connectivity index (χ3n) is 4.02. The number of alkyl halides is 3. The van der Waals surface area contributed by atoms with Crippen molar-refractivity contribution in [3.05, 3.63) is 65.2 Å². The minimum Gasteiger partial charge on any atom is -0.465 e. The highest BCUT2D eigenvalue weighted by molar-refractivity contribution is 6.05. The fourth-order valence-electron chi connectivity index (χ4n) is 2.65. The molecule has 0 saturated carbocycles. The predicted octanol–water partition coefficient (Wildman–Crippen LogP) is 3.63. The van der Waals surface area contributed by atoms with Gasteiger partial charge >= 0.3 is 12.1 Å². The summed E-state index contributed by atoms with van der Waals surface area (Å²) in [7, 11) is 1.14. The van der Waals surface area contributed by atoms with Gasteiger partial charge in [-0.15, -0.1) is 0 Å². The molecule has 138 valence electrons. The van der Waals surface area contributed by atoms with Crippen LogP contribution in [0.15, 0.2) is 48.5 Å². The molecule has 0 amide bonds. The van der Waals surface area contributed by atoms with Crippen LogP contribution in [-0.2, 0) is 15.7 Å². The number of hydrogen-bond acceptors (Lipinski definition) is 4. The second-order valence-corrected chi connectivity index (χ2v) is 5.84. The zero-order valence-corrected chi connectivity index (χ0v) is 14.1. The van der Waals surface area contributed by atoms with E-state index < -0.39 is 23.3 Å². The lowest BCUT2D eigenvalue weighted by atomic mass is 9.90. The molecule has 0 N–H and O–H groups in total. The predicted molar refractivity (Wildman–Crippen MR) is 89.1 cm³/mol. The molecule has 0 fully saturated rings. The van der Waals surface area contributed by atoms with Gasteiger partial charge in [-0.3, -0.25) is 4.79 Å². The van der Waals surface area contributed by atoms with Crippen molar-refractivity contribution in [1.29, 1.82) is 0 Å². The van der Waals surface area contributed by atoms with Crippen LogP contribution in [0.3, 0.4) is 0 Å². The van der Waals surface area contributed by atoms with Gasteiger partial charge in [-0.1, -0.05) is 18.1 Å². The normalized spacial score (nSPS) is 18.6. The van der Waals surface area contributed by atoms with E-state index in [1.165, 1.54) is 18.2 Å². The number of benzene rings is 2. The maximum atomic E-state index is 12.6. The molecular formula is C20H13F3O4. The summed E-state index contributed by atoms with van der Waals surface area (Å²) in [5, 5.41) is 0. The topological polar surface area (TPSA) is 52.6 Å². The Hall–Kier alpha value is -3.27. The van der Waals surface area contributed by atoms with Crippen LogP contribution in [0.4, 0.5) is 13.2 Å². The molecule has 1 aliphatic heterocycles. The van der Waals surface area contributed by atoms with E-state index in [1.54, 1.807) is 18.2 Å². The summed E-state index contributed by atoms with van der Waals surface area (Å²) in [6, 6.07) is 10.5. The molecule has 27 heavy (non-hydrogen) atoms. The molecule has 1 aliphatic rings. The lowest BCUT2D eigenvalue weighted by Gasteiger charge is -2.31. The third-order valence-corrected chi connectivity index (χ3v) is 4.02. The van der Waals surface area contributed by atoms with Crippen LogP contribution in [0, 0.1) is 11.8 Å². The average molecular weight is 374 g/mol. The molecule has 7 heteroatoms. The molecule has 3 rings (SSSR count). The number of carbonyl (C=O) groups excluding carboxylic acids is 2. The van der Waals surface area contributed by atoms with Crippen LogP contribution in [0.5, 0.6) is 5.75 Å². The SMILES string of the molecule is COC(=O)[C@]1(C#Cc2ccc(C(F)(F)F)cc2)CC(=O)c2ccccc2O1. The van der Waals surface area contributed by atoms with E-state index in [-0.39, 0.29) is 23.5 Å². The Balaban J connectivity index is 1.98. The Kier molecular flexibility index (Phi) is 4.66. The number of fused-ring (bicyclic) bond motifs is 1. The van der Waals surface area contributed by atoms with Gasteiger partial charge < -0.3 is 9.47 Å². The molecule has 0 unspecified atom stereocenters. The van der Waals surface area contributed by atoms with Crippen molar-refractivity contribution in [2.45, 2.75) is 18.2 Å². The summed E-state index contributed by atoms with van der Waals surface area (Å²) in [6.07, 6.45) is -4.81. The number of carbonyl (C=O) groups is 2. The van der Waals surface area contributed by atoms with Gasteiger partial charge in [0.2, 0.25) is 0 Å². The first-order chi connectivity index (χ1) is 12.7. The van der Waals surface area contributed by atoms with Crippen LogP contribution in [0.25, 0.3) is 0 Å². The van der Waals surface area contributed by atoms with Crippen LogP contribution >= 0.6 is 0 Å². The Morgan fingerprint density at radius 2 is 1.81 bits per heavy atom. The molecule has 0 radical (unpaired) electrons. The maximum absolute atomic E-state index is 12.6. The van der Waals surface area contributed by atoms with Gasteiger partial charge in [0.25, 0.3) is 5.60 Å². The van der Waals surface area contributed by atoms with Crippen molar-refractivity contribution in [3.63, 3.8) is 0 Å². The van der Waals surface area contributed by atoms with Gasteiger partial charge in [0.05, 0.1) is 24.7 Å². The smallest absolute Gasteiger partial charge is 0.416 e. The number of halogens is 3. The number of ether oxygens (including phenoxy) is 2. The molecule has 0 aliphatic carbocycles. The summed E-state index contributed by atoms with van der Waals surface area (Å²) in [5.74, 6) is 4.18. The first-order valence-electron chi connectivity index (χ1n) is 7.85. The van der Waals surface area contributed by atoms with Crippen LogP contribution in [-0.4, -0.2) is 24.5 Å². The Morgan fingerprint density at radius 3 is 2.44 bits per heavy atom. The summed E-state index contributed by atoms with van der Waals surface area (Å²) in [6.45, 7) is 0. The Morgan fingerprint density at radius 1 is 1.15 bits per heavy atom. The molecule has 2 aromatic rings. The molecule has 0 saturated heterocycles. The van der Waals surface area contributed by atoms with Gasteiger partial charge in [0, 0.05) is 5.56 Å². The second-order valence-electron chi connectivity index (χ2n) is 5.84. The van der Waals surface area contributed by atoms with Crippen molar-refractivity contribution in [2.24, 2.45) is 0 Å². The van der Waals surface area contributed by atoms with Crippen molar-refractivity contribution < 1.29 is 32.2 Å². The van der Waals surface area contributed by atoms with E-state index in [1.807, 2.05) is 0 Å². The molecule has 4 nitrogen and oxygen atoms in total. The summed E-state index contributed by atoms with van der Waals surface area (Å²) >= 11 is 0. The Bertz CT molecular complexity index is 952. The molecule has 1 atom stereocenters. The van der Waals surface area contributed by atoms with E-state index in [4.69, 9.17) is 9.47 Å². The zero-order valence-electron chi connectivity index (χ0n) is 14.1. The van der Waals surface area contributed by atoms with E-state index in [0.29, 0.717) is 5.56 Å². The highest BCUT2D eigenvalue weighted by Crippen LogP contribution is 2.34. The number of methoxy groups -OCH3 is 1. The lowest BCUT2D eigenvalue weighted by molar-refractivity contribution is -0.154. The van der Waals surface area contributed by atoms with Gasteiger partial charge in [-0.2, -0.15) is 13.2 Å². The van der Waals surface area contributed by atoms with Crippen molar-refractivity contribution in [2.75, 3.05) is 7.11 Å². The van der Waals surface area contributed by atoms with Crippen molar-refractivity contribution in [1.82, 2.24) is 0 Å². The van der Waals surface area contributed by atoms with Gasteiger partial charge in [-0.05, 0) is 42.3 Å². The summed E-state index contributed by atoms with van der Waals surface area (Å²) in [5.41, 5.74) is -2.11. The number of rotatable bonds is 1. The lowest BCUT2D eigenvalue weighted by Crippen LogP contribution is -2.48. The van der Waals surface area contributed by atoms with E-state index in [9.17, 15) is 22.8 Å². The zero-order chi connectivity index (χ0) is 19.7. The molecule has 2 aromatic carbocycles. The number of para-hydroxylation sites is 1. The van der Waals surface area contributed by atoms with Crippen LogP contribution in [0.2, 0.25) is 0 Å². The standard InChI is InChI=1S/C20H13F3O4/c1-26-18(25)19(12-16(24)15-4-2-3-5-17(15)27-19)11-10-13-6-8-14(9-7-13)20(21,22)23/h2-9H,12H2,1H3/t19-/m0/s1. The van der Waals surface area contributed by atoms with E-state index in [0.717, 1.165) is 19.2 Å². The minimum absolute atomic E-state index is 0.195. The quantitative estimate of drug-likeness (QED) is 0.565. The monoisotopic (exact) mass is 374 g/mol. The van der Waals surface area contributed by atoms with E-state index >= 15 is 0 Å². The van der Waals surface area contributed by atoms with Gasteiger partial charge in [-0.25, -0.2) is 4.79 Å². The third kappa shape index (κ3) is 3.65. The average Bonchev–Trinajstić information content (AvgIpc) is 2.65. The number of Topliss-reactive ketones (excluding diaryl/α,β-unsaturated/α-hetero) is 1. The summed E-state index contributed by atoms with van der Waals surface area (Å²) < 4.78 is 48.3. The maximum Gasteiger partial charge on any atom is 0.416 e. The second kappa shape index (κ2) is 6.80. The molecule has 0 aromatic heterocycles. The molecule has 1 heterocycles. The number of esters is 1. The molecular weight excluding hydrogens is 361 g/mol. The minimum atomic E-state index is -4.46. The van der Waals surface area contributed by atoms with Gasteiger partial charge in [0.1, 0.15) is 5.75 Å². The van der Waals surface area contributed by atoms with Gasteiger partial charge in [0.15, 0.2) is 5.78 Å². The van der Waals surface area contributed by atoms with Crippen molar-refractivity contribution in [3.8, 4) is 17.6 Å². The highest BCUT2D eigenvalue weighted by Gasteiger charge is 2.47. The van der Waals surface area contributed by atoms with Crippen LogP contribution < -0.4 is 4.74 Å². The van der Waals surface area contributed by atoms with Crippen LogP contribution in [0.1, 0.15) is 27.9 Å². The molecule has 0 bridgehead atoms. The fraction of sp³-hybridized carbons (Fsp3) is 0.200. The molecule has 0 spiro atoms. The fourth-order valence-corrected chi connectivity index (χ4v) is 2.65. The summed E-state index contributed by atoms with van der Waals surface area (Å²) in [4.78, 5) is 24.7. The largest absolute Gasteiger partial charge is 0.465 e. The Labute approximate surface area is 152 Å². The first kappa shape index (κ1) is 18.5. The number of hydrogen-bond donors (Lipinski definition) is 0. The first-order valence-corrected chi connectivity index (χ1v) is 7.85. The highest BCUT2D eigenvalue weighted by atomic mass is 19.4. The van der Waals surface area contributed by atoms with E-state index in [2.05, 4.69) is 11.8 Å². The van der Waals surface area contributed by atoms with Crippen molar-refractivity contribution >= 4 is 11.8 Å².